The minimum atomic E-state index is 0.446. The SMILES string of the molecule is c1cc(Oc2cn[nH]n2)cc(-c2ccncc2)c1. The molecule has 3 rings (SSSR count). The van der Waals surface area contributed by atoms with Crippen LogP contribution in [0.4, 0.5) is 0 Å². The van der Waals surface area contributed by atoms with Crippen molar-refractivity contribution in [1.82, 2.24) is 20.4 Å². The summed E-state index contributed by atoms with van der Waals surface area (Å²) >= 11 is 0. The van der Waals surface area contributed by atoms with Crippen molar-refractivity contribution in [2.24, 2.45) is 0 Å². The Morgan fingerprint density at radius 1 is 1.00 bits per heavy atom. The van der Waals surface area contributed by atoms with Crippen molar-refractivity contribution in [3.8, 4) is 22.8 Å². The maximum Gasteiger partial charge on any atom is 0.258 e. The number of nitrogens with zero attached hydrogens (tertiary/aromatic N) is 3. The summed E-state index contributed by atoms with van der Waals surface area (Å²) < 4.78 is 5.56. The number of aromatic nitrogens is 4. The molecule has 0 amide bonds. The van der Waals surface area contributed by atoms with E-state index in [0.29, 0.717) is 5.88 Å². The molecular formula is C13H10N4O. The van der Waals surface area contributed by atoms with Gasteiger partial charge in [-0.3, -0.25) is 4.98 Å². The summed E-state index contributed by atoms with van der Waals surface area (Å²) in [6, 6.07) is 11.7. The van der Waals surface area contributed by atoms with Gasteiger partial charge in [-0.2, -0.15) is 10.3 Å². The zero-order chi connectivity index (χ0) is 12.2. The molecule has 0 aliphatic carbocycles. The molecule has 0 saturated carbocycles. The van der Waals surface area contributed by atoms with E-state index in [4.69, 9.17) is 4.74 Å². The third-order valence-corrected chi connectivity index (χ3v) is 2.46. The van der Waals surface area contributed by atoms with Gasteiger partial charge < -0.3 is 4.74 Å². The van der Waals surface area contributed by atoms with Gasteiger partial charge in [0.2, 0.25) is 0 Å². The standard InChI is InChI=1S/C13H10N4O/c1-2-11(10-4-6-14-7-5-10)8-12(3-1)18-13-9-15-17-16-13/h1-9H,(H,15,16,17). The van der Waals surface area contributed by atoms with Crippen LogP contribution in [0.3, 0.4) is 0 Å². The monoisotopic (exact) mass is 238 g/mol. The third kappa shape index (κ3) is 2.20. The average Bonchev–Trinajstić information content (AvgIpc) is 2.93. The van der Waals surface area contributed by atoms with Crippen molar-refractivity contribution in [2.75, 3.05) is 0 Å². The quantitative estimate of drug-likeness (QED) is 0.761. The molecular weight excluding hydrogens is 228 g/mol. The van der Waals surface area contributed by atoms with Crippen molar-refractivity contribution in [1.29, 1.82) is 0 Å². The molecule has 88 valence electrons. The van der Waals surface area contributed by atoms with Crippen molar-refractivity contribution >= 4 is 0 Å². The van der Waals surface area contributed by atoms with Crippen molar-refractivity contribution in [3.05, 3.63) is 55.0 Å². The Balaban J connectivity index is 1.90. The number of nitrogens with one attached hydrogen (secondary N) is 1. The summed E-state index contributed by atoms with van der Waals surface area (Å²) in [5, 5.41) is 10.0. The second-order valence-electron chi connectivity index (χ2n) is 3.67. The van der Waals surface area contributed by atoms with E-state index in [1.54, 1.807) is 12.4 Å². The Morgan fingerprint density at radius 3 is 2.67 bits per heavy atom. The predicted molar refractivity (Wildman–Crippen MR) is 66.1 cm³/mol. The normalized spacial score (nSPS) is 10.2. The Labute approximate surface area is 103 Å². The molecule has 0 fully saturated rings. The molecule has 1 N–H and O–H groups in total. The Hall–Kier alpha value is -2.69. The number of ether oxygens (including phenoxy) is 1. The fraction of sp³-hybridized carbons (Fsp3) is 0. The molecule has 0 unspecified atom stereocenters. The number of hydrogen-bond donors (Lipinski definition) is 1. The van der Waals surface area contributed by atoms with Gasteiger partial charge in [0, 0.05) is 12.4 Å². The molecule has 0 aliphatic rings. The highest BCUT2D eigenvalue weighted by Gasteiger charge is 2.02. The molecule has 18 heavy (non-hydrogen) atoms. The number of rotatable bonds is 3. The molecule has 0 saturated heterocycles. The van der Waals surface area contributed by atoms with Gasteiger partial charge in [0.25, 0.3) is 5.88 Å². The van der Waals surface area contributed by atoms with Gasteiger partial charge in [0.15, 0.2) is 0 Å². The molecule has 0 radical (unpaired) electrons. The number of H-pyrrole nitrogens is 1. The summed E-state index contributed by atoms with van der Waals surface area (Å²) in [7, 11) is 0. The first-order valence-corrected chi connectivity index (χ1v) is 5.46. The van der Waals surface area contributed by atoms with E-state index in [-0.39, 0.29) is 0 Å². The third-order valence-electron chi connectivity index (χ3n) is 2.46. The van der Waals surface area contributed by atoms with Crippen LogP contribution in [0.5, 0.6) is 11.6 Å². The maximum absolute atomic E-state index is 5.56. The van der Waals surface area contributed by atoms with Crippen molar-refractivity contribution < 1.29 is 4.74 Å². The van der Waals surface area contributed by atoms with E-state index < -0.39 is 0 Å². The zero-order valence-corrected chi connectivity index (χ0v) is 9.45. The highest BCUT2D eigenvalue weighted by atomic mass is 16.5. The summed E-state index contributed by atoms with van der Waals surface area (Å²) in [6.07, 6.45) is 5.06. The lowest BCUT2D eigenvalue weighted by atomic mass is 10.1. The molecule has 2 heterocycles. The highest BCUT2D eigenvalue weighted by molar-refractivity contribution is 5.64. The van der Waals surface area contributed by atoms with Gasteiger partial charge in [-0.1, -0.05) is 12.1 Å². The van der Waals surface area contributed by atoms with Gasteiger partial charge in [-0.25, -0.2) is 0 Å². The summed E-state index contributed by atoms with van der Waals surface area (Å²) in [5.74, 6) is 1.17. The molecule has 1 aromatic carbocycles. The van der Waals surface area contributed by atoms with Crippen molar-refractivity contribution in [2.45, 2.75) is 0 Å². The van der Waals surface area contributed by atoms with Gasteiger partial charge in [0.05, 0.1) is 0 Å². The molecule has 0 aliphatic heterocycles. The number of benzene rings is 1. The molecule has 0 atom stereocenters. The smallest absolute Gasteiger partial charge is 0.258 e. The van der Waals surface area contributed by atoms with Crippen molar-refractivity contribution in [3.63, 3.8) is 0 Å². The second-order valence-corrected chi connectivity index (χ2v) is 3.67. The minimum absolute atomic E-state index is 0.446. The topological polar surface area (TPSA) is 63.7 Å². The first-order valence-electron chi connectivity index (χ1n) is 5.46. The number of aromatic amines is 1. The Kier molecular flexibility index (Phi) is 2.71. The van der Waals surface area contributed by atoms with Gasteiger partial charge in [-0.15, -0.1) is 5.10 Å². The van der Waals surface area contributed by atoms with Crippen LogP contribution in [0.2, 0.25) is 0 Å². The van der Waals surface area contributed by atoms with Crippen LogP contribution in [0.1, 0.15) is 0 Å². The number of hydrogen-bond acceptors (Lipinski definition) is 4. The predicted octanol–water partition coefficient (Wildman–Crippen LogP) is 2.66. The van der Waals surface area contributed by atoms with Gasteiger partial charge in [-0.05, 0) is 35.4 Å². The molecule has 5 heteroatoms. The fourth-order valence-electron chi connectivity index (χ4n) is 1.64. The lowest BCUT2D eigenvalue weighted by molar-refractivity contribution is 0.462. The lowest BCUT2D eigenvalue weighted by Gasteiger charge is -2.05. The summed E-state index contributed by atoms with van der Waals surface area (Å²) in [4.78, 5) is 4.00. The van der Waals surface area contributed by atoms with E-state index in [0.717, 1.165) is 16.9 Å². The largest absolute Gasteiger partial charge is 0.436 e. The highest BCUT2D eigenvalue weighted by Crippen LogP contribution is 2.25. The average molecular weight is 238 g/mol. The van der Waals surface area contributed by atoms with Crippen LogP contribution in [0.25, 0.3) is 11.1 Å². The molecule has 3 aromatic rings. The summed E-state index contributed by atoms with van der Waals surface area (Å²) in [6.45, 7) is 0. The van der Waals surface area contributed by atoms with Crippen LogP contribution in [-0.2, 0) is 0 Å². The molecule has 2 aromatic heterocycles. The minimum Gasteiger partial charge on any atom is -0.436 e. The lowest BCUT2D eigenvalue weighted by Crippen LogP contribution is -1.85. The van der Waals surface area contributed by atoms with E-state index in [2.05, 4.69) is 20.4 Å². The van der Waals surface area contributed by atoms with Crippen LogP contribution in [0, 0.1) is 0 Å². The van der Waals surface area contributed by atoms with E-state index in [1.807, 2.05) is 36.4 Å². The zero-order valence-electron chi connectivity index (χ0n) is 9.45. The molecule has 0 spiro atoms. The first kappa shape index (κ1) is 10.5. The molecule has 0 bridgehead atoms. The number of pyridine rings is 1. The van der Waals surface area contributed by atoms with E-state index in [1.165, 1.54) is 6.20 Å². The second kappa shape index (κ2) is 4.67. The summed E-state index contributed by atoms with van der Waals surface area (Å²) in [5.41, 5.74) is 2.16. The Morgan fingerprint density at radius 2 is 1.89 bits per heavy atom. The van der Waals surface area contributed by atoms with Crippen LogP contribution < -0.4 is 4.74 Å². The van der Waals surface area contributed by atoms with Gasteiger partial charge in [0.1, 0.15) is 11.9 Å². The van der Waals surface area contributed by atoms with Crippen LogP contribution in [-0.4, -0.2) is 20.4 Å². The molecule has 5 nitrogen and oxygen atoms in total. The van der Waals surface area contributed by atoms with E-state index >= 15 is 0 Å². The maximum atomic E-state index is 5.56. The van der Waals surface area contributed by atoms with E-state index in [9.17, 15) is 0 Å². The Bertz CT molecular complexity index is 623. The first-order chi connectivity index (χ1) is 8.92. The van der Waals surface area contributed by atoms with Gasteiger partial charge >= 0.3 is 0 Å². The fourth-order valence-corrected chi connectivity index (χ4v) is 1.64. The van der Waals surface area contributed by atoms with Crippen LogP contribution >= 0.6 is 0 Å². The van der Waals surface area contributed by atoms with Crippen LogP contribution in [0.15, 0.2) is 55.0 Å².